The monoisotopic (exact) mass is 336 g/mol. The van der Waals surface area contributed by atoms with Crippen LogP contribution in [0.15, 0.2) is 0 Å². The summed E-state index contributed by atoms with van der Waals surface area (Å²) in [5.74, 6) is 0.0299. The van der Waals surface area contributed by atoms with Gasteiger partial charge < -0.3 is 10.6 Å². The largest absolute Gasteiger partial charge is 0.312 e. The maximum atomic E-state index is 13.1. The molecule has 3 aliphatic rings. The smallest absolute Gasteiger partial charge is 0.247 e. The van der Waals surface area contributed by atoms with Crippen molar-refractivity contribution in [3.8, 4) is 0 Å². The molecule has 3 heterocycles. The van der Waals surface area contributed by atoms with E-state index in [9.17, 15) is 9.59 Å². The highest BCUT2D eigenvalue weighted by molar-refractivity contribution is 6.05. The van der Waals surface area contributed by atoms with Crippen LogP contribution in [0.25, 0.3) is 0 Å². The summed E-state index contributed by atoms with van der Waals surface area (Å²) in [6.45, 7) is 13.3. The number of imide groups is 1. The van der Waals surface area contributed by atoms with E-state index in [-0.39, 0.29) is 35.0 Å². The van der Waals surface area contributed by atoms with Gasteiger partial charge in [0, 0.05) is 42.8 Å². The van der Waals surface area contributed by atoms with Gasteiger partial charge in [0.05, 0.1) is 12.5 Å². The van der Waals surface area contributed by atoms with Gasteiger partial charge in [0.1, 0.15) is 0 Å². The van der Waals surface area contributed by atoms with Gasteiger partial charge in [-0.25, -0.2) is 0 Å². The molecule has 0 saturated carbocycles. The van der Waals surface area contributed by atoms with Gasteiger partial charge in [-0.1, -0.05) is 0 Å². The van der Waals surface area contributed by atoms with Gasteiger partial charge in [-0.15, -0.1) is 0 Å². The van der Waals surface area contributed by atoms with Crippen molar-refractivity contribution >= 4 is 11.8 Å². The van der Waals surface area contributed by atoms with Crippen molar-refractivity contribution in [1.82, 2.24) is 20.4 Å². The third kappa shape index (κ3) is 3.51. The summed E-state index contributed by atoms with van der Waals surface area (Å²) < 4.78 is 0. The molecule has 6 heteroatoms. The normalized spacial score (nSPS) is 34.8. The number of piperazine rings is 1. The lowest BCUT2D eigenvalue weighted by molar-refractivity contribution is -0.144. The predicted octanol–water partition coefficient (Wildman–Crippen LogP) is 0.717. The molecule has 24 heavy (non-hydrogen) atoms. The van der Waals surface area contributed by atoms with Gasteiger partial charge >= 0.3 is 0 Å². The molecule has 0 aromatic rings. The molecule has 6 nitrogen and oxygen atoms in total. The Hall–Kier alpha value is -0.980. The minimum atomic E-state index is -0.261. The molecule has 3 saturated heterocycles. The van der Waals surface area contributed by atoms with Crippen LogP contribution in [0.3, 0.4) is 0 Å². The maximum absolute atomic E-state index is 13.1. The third-order valence-corrected chi connectivity index (χ3v) is 5.53. The van der Waals surface area contributed by atoms with Crippen LogP contribution in [0.4, 0.5) is 0 Å². The molecule has 0 radical (unpaired) electrons. The van der Waals surface area contributed by atoms with Crippen LogP contribution >= 0.6 is 0 Å². The van der Waals surface area contributed by atoms with E-state index in [0.29, 0.717) is 12.5 Å². The van der Waals surface area contributed by atoms with Crippen LogP contribution in [0.2, 0.25) is 0 Å². The lowest BCUT2D eigenvalue weighted by atomic mass is 9.79. The number of rotatable bonds is 2. The number of likely N-dealkylation sites (tertiary alicyclic amines) is 1. The quantitative estimate of drug-likeness (QED) is 0.728. The summed E-state index contributed by atoms with van der Waals surface area (Å²) >= 11 is 0. The zero-order valence-electron chi connectivity index (χ0n) is 15.7. The summed E-state index contributed by atoms with van der Waals surface area (Å²) in [6, 6.07) is 0.109. The molecule has 0 bridgehead atoms. The van der Waals surface area contributed by atoms with E-state index in [1.807, 2.05) is 0 Å². The van der Waals surface area contributed by atoms with Gasteiger partial charge in [-0.3, -0.25) is 19.4 Å². The Morgan fingerprint density at radius 1 is 1.08 bits per heavy atom. The number of piperidine rings is 1. The highest BCUT2D eigenvalue weighted by Gasteiger charge is 2.49. The summed E-state index contributed by atoms with van der Waals surface area (Å²) in [5.41, 5.74) is -0.150. The van der Waals surface area contributed by atoms with Crippen LogP contribution in [0, 0.1) is 0 Å². The van der Waals surface area contributed by atoms with Crippen molar-refractivity contribution < 1.29 is 9.59 Å². The molecule has 3 fully saturated rings. The van der Waals surface area contributed by atoms with Gasteiger partial charge in [-0.2, -0.15) is 0 Å². The number of nitrogens with zero attached hydrogens (tertiary/aromatic N) is 2. The van der Waals surface area contributed by atoms with Gasteiger partial charge in [0.25, 0.3) is 0 Å². The summed E-state index contributed by atoms with van der Waals surface area (Å²) in [5, 5.41) is 7.03. The minimum Gasteiger partial charge on any atom is -0.312 e. The molecular weight excluding hydrogens is 304 g/mol. The van der Waals surface area contributed by atoms with E-state index >= 15 is 0 Å². The van der Waals surface area contributed by atoms with Crippen molar-refractivity contribution in [2.45, 2.75) is 83.1 Å². The van der Waals surface area contributed by atoms with E-state index in [2.05, 4.69) is 50.2 Å². The number of carbonyl (C=O) groups is 2. The second-order valence-electron chi connectivity index (χ2n) is 9.13. The van der Waals surface area contributed by atoms with E-state index in [4.69, 9.17) is 0 Å². The summed E-state index contributed by atoms with van der Waals surface area (Å²) in [6.07, 6.45) is 1.98. The molecule has 0 aromatic heterocycles. The Morgan fingerprint density at radius 3 is 2.29 bits per heavy atom. The molecule has 0 aliphatic carbocycles. The first-order valence-corrected chi connectivity index (χ1v) is 9.21. The molecule has 2 unspecified atom stereocenters. The Bertz CT molecular complexity index is 515. The van der Waals surface area contributed by atoms with Gasteiger partial charge in [0.15, 0.2) is 0 Å². The van der Waals surface area contributed by atoms with Gasteiger partial charge in [0.2, 0.25) is 11.8 Å². The first-order valence-electron chi connectivity index (χ1n) is 9.21. The lowest BCUT2D eigenvalue weighted by Gasteiger charge is -2.48. The average molecular weight is 336 g/mol. The molecule has 2 atom stereocenters. The zero-order valence-corrected chi connectivity index (χ0v) is 15.7. The van der Waals surface area contributed by atoms with Crippen LogP contribution in [-0.2, 0) is 9.59 Å². The minimum absolute atomic E-state index is 0.00147. The molecule has 3 rings (SSSR count). The van der Waals surface area contributed by atoms with Crippen molar-refractivity contribution in [2.75, 3.05) is 19.6 Å². The molecule has 0 aromatic carbocycles. The third-order valence-electron chi connectivity index (χ3n) is 5.53. The van der Waals surface area contributed by atoms with Gasteiger partial charge in [-0.05, 0) is 47.5 Å². The Balaban J connectivity index is 1.76. The topological polar surface area (TPSA) is 64.7 Å². The second kappa shape index (κ2) is 6.07. The van der Waals surface area contributed by atoms with Crippen LogP contribution in [-0.4, -0.2) is 70.5 Å². The lowest BCUT2D eigenvalue weighted by Crippen LogP contribution is -2.63. The van der Waals surface area contributed by atoms with Crippen LogP contribution < -0.4 is 10.6 Å². The van der Waals surface area contributed by atoms with E-state index in [1.165, 1.54) is 0 Å². The summed E-state index contributed by atoms with van der Waals surface area (Å²) in [4.78, 5) is 29.5. The fraction of sp³-hybridized carbons (Fsp3) is 0.889. The standard InChI is InChI=1S/C18H32N4O2/c1-12-11-21(7-6-19-12)14-8-15(23)22(16(14)24)13-9-17(2,3)20-18(4,5)10-13/h12-14,19-20H,6-11H2,1-5H3. The highest BCUT2D eigenvalue weighted by atomic mass is 16.2. The molecule has 2 N–H and O–H groups in total. The van der Waals surface area contributed by atoms with E-state index in [1.54, 1.807) is 4.90 Å². The maximum Gasteiger partial charge on any atom is 0.247 e. The van der Waals surface area contributed by atoms with Crippen molar-refractivity contribution in [1.29, 1.82) is 0 Å². The highest BCUT2D eigenvalue weighted by Crippen LogP contribution is 2.34. The Labute approximate surface area is 145 Å². The Morgan fingerprint density at radius 2 is 1.71 bits per heavy atom. The summed E-state index contributed by atoms with van der Waals surface area (Å²) in [7, 11) is 0. The number of nitrogens with one attached hydrogen (secondary N) is 2. The molecule has 3 aliphatic heterocycles. The first-order chi connectivity index (χ1) is 11.1. The first kappa shape index (κ1) is 17.8. The number of hydrogen-bond donors (Lipinski definition) is 2. The second-order valence-corrected chi connectivity index (χ2v) is 9.13. The van der Waals surface area contributed by atoms with Crippen molar-refractivity contribution in [2.24, 2.45) is 0 Å². The fourth-order valence-electron chi connectivity index (χ4n) is 5.00. The predicted molar refractivity (Wildman–Crippen MR) is 93.6 cm³/mol. The Kier molecular flexibility index (Phi) is 4.51. The number of amides is 2. The SMILES string of the molecule is CC1CN(C2CC(=O)N(C3CC(C)(C)NC(C)(C)C3)C2=O)CCN1. The van der Waals surface area contributed by atoms with E-state index in [0.717, 1.165) is 32.5 Å². The fourth-order valence-corrected chi connectivity index (χ4v) is 5.00. The van der Waals surface area contributed by atoms with Crippen molar-refractivity contribution in [3.63, 3.8) is 0 Å². The molecule has 0 spiro atoms. The molecule has 136 valence electrons. The average Bonchev–Trinajstić information content (AvgIpc) is 2.70. The molecule has 2 amide bonds. The van der Waals surface area contributed by atoms with Crippen LogP contribution in [0.5, 0.6) is 0 Å². The molecular formula is C18H32N4O2. The van der Waals surface area contributed by atoms with Crippen LogP contribution in [0.1, 0.15) is 53.9 Å². The van der Waals surface area contributed by atoms with Crippen molar-refractivity contribution in [3.05, 3.63) is 0 Å². The number of carbonyl (C=O) groups excluding carboxylic acids is 2. The zero-order chi connectivity index (χ0) is 17.7. The number of hydrogen-bond acceptors (Lipinski definition) is 5. The van der Waals surface area contributed by atoms with E-state index < -0.39 is 0 Å².